The summed E-state index contributed by atoms with van der Waals surface area (Å²) in [4.78, 5) is 6.73. The van der Waals surface area contributed by atoms with Gasteiger partial charge in [0.2, 0.25) is 0 Å². The highest BCUT2D eigenvalue weighted by Crippen LogP contribution is 2.19. The quantitative estimate of drug-likeness (QED) is 0.593. The van der Waals surface area contributed by atoms with Crippen molar-refractivity contribution in [2.24, 2.45) is 10.9 Å². The molecule has 134 valence electrons. The van der Waals surface area contributed by atoms with E-state index in [1.165, 1.54) is 37.9 Å². The van der Waals surface area contributed by atoms with Gasteiger partial charge >= 0.3 is 0 Å². The molecule has 1 heterocycles. The van der Waals surface area contributed by atoms with Crippen LogP contribution in [0.25, 0.3) is 0 Å². The van der Waals surface area contributed by atoms with E-state index < -0.39 is 0 Å². The molecule has 0 saturated carbocycles. The Kier molecular flexibility index (Phi) is 7.89. The zero-order valence-corrected chi connectivity index (χ0v) is 15.3. The maximum atomic E-state index is 5.39. The van der Waals surface area contributed by atoms with Gasteiger partial charge in [-0.15, -0.1) is 0 Å². The van der Waals surface area contributed by atoms with Gasteiger partial charge in [-0.1, -0.05) is 18.2 Å². The van der Waals surface area contributed by atoms with Crippen molar-refractivity contribution in [2.75, 3.05) is 47.4 Å². The van der Waals surface area contributed by atoms with Gasteiger partial charge in [-0.2, -0.15) is 0 Å². The van der Waals surface area contributed by atoms with Gasteiger partial charge in [-0.3, -0.25) is 4.99 Å². The first kappa shape index (κ1) is 18.6. The van der Waals surface area contributed by atoms with E-state index in [9.17, 15) is 0 Å². The molecule has 1 aromatic rings. The summed E-state index contributed by atoms with van der Waals surface area (Å²) in [5.41, 5.74) is 1.22. The number of rotatable bonds is 7. The molecule has 0 amide bonds. The van der Waals surface area contributed by atoms with Crippen molar-refractivity contribution in [1.29, 1.82) is 0 Å². The molecule has 0 bridgehead atoms. The maximum absolute atomic E-state index is 5.39. The number of benzene rings is 1. The van der Waals surface area contributed by atoms with Crippen LogP contribution in [0.15, 0.2) is 29.3 Å². The summed E-state index contributed by atoms with van der Waals surface area (Å²) >= 11 is 0. The number of hydrogen-bond donors (Lipinski definition) is 2. The van der Waals surface area contributed by atoms with Gasteiger partial charge in [0.1, 0.15) is 5.75 Å². The van der Waals surface area contributed by atoms with Gasteiger partial charge in [-0.25, -0.2) is 0 Å². The lowest BCUT2D eigenvalue weighted by Crippen LogP contribution is -2.39. The number of ether oxygens (including phenoxy) is 1. The Balaban J connectivity index is 1.65. The number of hydrogen-bond acceptors (Lipinski definition) is 3. The van der Waals surface area contributed by atoms with Crippen LogP contribution in [0.3, 0.4) is 0 Å². The predicted molar refractivity (Wildman–Crippen MR) is 101 cm³/mol. The zero-order chi connectivity index (χ0) is 17.2. The number of nitrogens with one attached hydrogen (secondary N) is 2. The Morgan fingerprint density at radius 2 is 1.92 bits per heavy atom. The minimum absolute atomic E-state index is 0.842. The third-order valence-corrected chi connectivity index (χ3v) is 4.79. The summed E-state index contributed by atoms with van der Waals surface area (Å²) in [5.74, 6) is 2.68. The topological polar surface area (TPSA) is 48.9 Å². The smallest absolute Gasteiger partial charge is 0.190 e. The number of nitrogens with zero attached hydrogens (tertiary/aromatic N) is 2. The van der Waals surface area contributed by atoms with Crippen molar-refractivity contribution in [2.45, 2.75) is 25.7 Å². The molecule has 2 N–H and O–H groups in total. The van der Waals surface area contributed by atoms with Crippen LogP contribution in [0.4, 0.5) is 0 Å². The van der Waals surface area contributed by atoms with Crippen molar-refractivity contribution < 1.29 is 4.74 Å². The number of guanidine groups is 1. The molecule has 5 nitrogen and oxygen atoms in total. The Morgan fingerprint density at radius 1 is 1.21 bits per heavy atom. The number of aliphatic imine (C=N–C) groups is 1. The van der Waals surface area contributed by atoms with Gasteiger partial charge in [0.25, 0.3) is 0 Å². The van der Waals surface area contributed by atoms with Crippen molar-refractivity contribution in [1.82, 2.24) is 15.5 Å². The molecule has 5 heteroatoms. The lowest BCUT2D eigenvalue weighted by Gasteiger charge is -2.29. The van der Waals surface area contributed by atoms with Crippen molar-refractivity contribution in [3.05, 3.63) is 29.8 Å². The standard InChI is InChI=1S/C19H32N4O/c1-20-19(21-12-8-16-10-14-23(2)15-11-16)22-13-9-17-6-4-5-7-18(17)24-3/h4-7,16H,8-15H2,1-3H3,(H2,20,21,22). The Hall–Kier alpha value is -1.75. The van der Waals surface area contributed by atoms with Gasteiger partial charge in [-0.05, 0) is 63.4 Å². The Labute approximate surface area is 146 Å². The summed E-state index contributed by atoms with van der Waals surface area (Å²) in [7, 11) is 5.76. The van der Waals surface area contributed by atoms with E-state index in [2.05, 4.69) is 33.6 Å². The molecule has 0 atom stereocenters. The molecule has 0 unspecified atom stereocenters. The number of methoxy groups -OCH3 is 1. The van der Waals surface area contributed by atoms with Gasteiger partial charge in [0.15, 0.2) is 5.96 Å². The van der Waals surface area contributed by atoms with E-state index >= 15 is 0 Å². The zero-order valence-electron chi connectivity index (χ0n) is 15.3. The monoisotopic (exact) mass is 332 g/mol. The van der Waals surface area contributed by atoms with Crippen LogP contribution in [-0.2, 0) is 6.42 Å². The highest BCUT2D eigenvalue weighted by atomic mass is 16.5. The minimum atomic E-state index is 0.842. The molecule has 0 aromatic heterocycles. The molecule has 1 fully saturated rings. The molecule has 24 heavy (non-hydrogen) atoms. The van der Waals surface area contributed by atoms with Gasteiger partial charge in [0, 0.05) is 20.1 Å². The lowest BCUT2D eigenvalue weighted by atomic mass is 9.94. The SMILES string of the molecule is CN=C(NCCc1ccccc1OC)NCCC1CCN(C)CC1. The van der Waals surface area contributed by atoms with Crippen molar-refractivity contribution in [3.63, 3.8) is 0 Å². The van der Waals surface area contributed by atoms with Crippen LogP contribution < -0.4 is 15.4 Å². The van der Waals surface area contributed by atoms with Crippen LogP contribution in [0.2, 0.25) is 0 Å². The summed E-state index contributed by atoms with van der Waals surface area (Å²) < 4.78 is 5.39. The molecule has 0 radical (unpaired) electrons. The molecular formula is C19H32N4O. The Bertz CT molecular complexity index is 510. The fourth-order valence-corrected chi connectivity index (χ4v) is 3.19. The van der Waals surface area contributed by atoms with Crippen molar-refractivity contribution >= 4 is 5.96 Å². The molecule has 0 aliphatic carbocycles. The highest BCUT2D eigenvalue weighted by Gasteiger charge is 2.16. The van der Waals surface area contributed by atoms with E-state index in [4.69, 9.17) is 4.74 Å². The molecular weight excluding hydrogens is 300 g/mol. The highest BCUT2D eigenvalue weighted by molar-refractivity contribution is 5.79. The molecule has 1 aromatic carbocycles. The number of likely N-dealkylation sites (tertiary alicyclic amines) is 1. The molecule has 2 rings (SSSR count). The molecule has 1 aliphatic heterocycles. The predicted octanol–water partition coefficient (Wildman–Crippen LogP) is 2.13. The van der Waals surface area contributed by atoms with Crippen LogP contribution in [0.1, 0.15) is 24.8 Å². The molecule has 1 aliphatic rings. The van der Waals surface area contributed by atoms with Crippen LogP contribution in [0.5, 0.6) is 5.75 Å². The third kappa shape index (κ3) is 6.04. The van der Waals surface area contributed by atoms with E-state index in [0.717, 1.165) is 37.1 Å². The first-order valence-corrected chi connectivity index (χ1v) is 8.98. The lowest BCUT2D eigenvalue weighted by molar-refractivity contribution is 0.213. The van der Waals surface area contributed by atoms with Crippen LogP contribution >= 0.6 is 0 Å². The first-order chi connectivity index (χ1) is 11.7. The number of para-hydroxylation sites is 1. The summed E-state index contributed by atoms with van der Waals surface area (Å²) in [6.07, 6.45) is 4.77. The second-order valence-electron chi connectivity index (χ2n) is 6.52. The maximum Gasteiger partial charge on any atom is 0.190 e. The van der Waals surface area contributed by atoms with E-state index in [1.54, 1.807) is 7.11 Å². The third-order valence-electron chi connectivity index (χ3n) is 4.79. The fourth-order valence-electron chi connectivity index (χ4n) is 3.19. The van der Waals surface area contributed by atoms with Crippen molar-refractivity contribution in [3.8, 4) is 5.75 Å². The van der Waals surface area contributed by atoms with Gasteiger partial charge in [0.05, 0.1) is 7.11 Å². The summed E-state index contributed by atoms with van der Waals surface area (Å²) in [6, 6.07) is 8.16. The fraction of sp³-hybridized carbons (Fsp3) is 0.632. The Morgan fingerprint density at radius 3 is 2.62 bits per heavy atom. The largest absolute Gasteiger partial charge is 0.496 e. The average Bonchev–Trinajstić information content (AvgIpc) is 2.62. The van der Waals surface area contributed by atoms with E-state index in [-0.39, 0.29) is 0 Å². The van der Waals surface area contributed by atoms with E-state index in [1.807, 2.05) is 25.2 Å². The number of piperidine rings is 1. The van der Waals surface area contributed by atoms with Crippen LogP contribution in [-0.4, -0.2) is 58.2 Å². The summed E-state index contributed by atoms with van der Waals surface area (Å²) in [5, 5.41) is 6.83. The molecule has 0 spiro atoms. The normalized spacial score (nSPS) is 16.9. The molecule has 1 saturated heterocycles. The average molecular weight is 332 g/mol. The van der Waals surface area contributed by atoms with E-state index in [0.29, 0.717) is 0 Å². The minimum Gasteiger partial charge on any atom is -0.496 e. The van der Waals surface area contributed by atoms with Crippen LogP contribution in [0, 0.1) is 5.92 Å². The van der Waals surface area contributed by atoms with Gasteiger partial charge < -0.3 is 20.3 Å². The summed E-state index contributed by atoms with van der Waals surface area (Å²) in [6.45, 7) is 4.30. The second kappa shape index (κ2) is 10.2. The first-order valence-electron chi connectivity index (χ1n) is 8.98. The second-order valence-corrected chi connectivity index (χ2v) is 6.52.